The fourth-order valence-corrected chi connectivity index (χ4v) is 5.13. The maximum absolute atomic E-state index is 5.14. The Kier molecular flexibility index (Phi) is 8.92. The lowest BCUT2D eigenvalue weighted by Gasteiger charge is -2.12. The molecule has 0 radical (unpaired) electrons. The molecule has 0 bridgehead atoms. The summed E-state index contributed by atoms with van der Waals surface area (Å²) in [5, 5.41) is 4.68. The van der Waals surface area contributed by atoms with Gasteiger partial charge in [0, 0.05) is 34.8 Å². The highest BCUT2D eigenvalue weighted by molar-refractivity contribution is 7.18. The summed E-state index contributed by atoms with van der Waals surface area (Å²) in [4.78, 5) is 16.1. The van der Waals surface area contributed by atoms with Crippen molar-refractivity contribution < 1.29 is 4.74 Å². The van der Waals surface area contributed by atoms with Crippen LogP contribution in [-0.4, -0.2) is 28.6 Å². The number of benzene rings is 1. The molecule has 0 unspecified atom stereocenters. The molecule has 1 aliphatic rings. The third-order valence-electron chi connectivity index (χ3n) is 5.54. The van der Waals surface area contributed by atoms with Crippen LogP contribution in [0.25, 0.3) is 21.6 Å². The number of fused-ring (bicyclic) bond motifs is 3. The molecule has 5 nitrogen and oxygen atoms in total. The summed E-state index contributed by atoms with van der Waals surface area (Å²) in [6, 6.07) is 10.2. The molecule has 5 rings (SSSR count). The molecule has 3 aromatic heterocycles. The van der Waals surface area contributed by atoms with E-state index in [1.165, 1.54) is 27.0 Å². The molecule has 1 N–H and O–H groups in total. The summed E-state index contributed by atoms with van der Waals surface area (Å²) >= 11 is 1.79. The van der Waals surface area contributed by atoms with Gasteiger partial charge in [-0.1, -0.05) is 32.9 Å². The molecule has 0 fully saturated rings. The van der Waals surface area contributed by atoms with Crippen LogP contribution in [0.5, 0.6) is 5.75 Å². The van der Waals surface area contributed by atoms with Gasteiger partial charge in [-0.05, 0) is 68.1 Å². The van der Waals surface area contributed by atoms with E-state index in [1.54, 1.807) is 24.6 Å². The van der Waals surface area contributed by atoms with Crippen molar-refractivity contribution in [2.75, 3.05) is 13.7 Å². The SMILES string of the molecule is CC.CCc1ccc(OC)c(C)c1.Cc1nc(-c2cccnc2)nc2sc3c(c12)CCNC3. The van der Waals surface area contributed by atoms with Crippen molar-refractivity contribution in [2.24, 2.45) is 0 Å². The smallest absolute Gasteiger partial charge is 0.162 e. The zero-order valence-corrected chi connectivity index (χ0v) is 21.3. The van der Waals surface area contributed by atoms with E-state index in [0.29, 0.717) is 0 Å². The van der Waals surface area contributed by atoms with E-state index in [0.717, 1.165) is 53.6 Å². The monoisotopic (exact) mass is 462 g/mol. The summed E-state index contributed by atoms with van der Waals surface area (Å²) in [5.74, 6) is 1.75. The lowest BCUT2D eigenvalue weighted by Crippen LogP contribution is -2.22. The number of hydrogen-bond acceptors (Lipinski definition) is 6. The first-order valence-electron chi connectivity index (χ1n) is 11.6. The van der Waals surface area contributed by atoms with Gasteiger partial charge in [0.1, 0.15) is 10.6 Å². The number of nitrogens with one attached hydrogen (secondary N) is 1. The molecule has 4 heterocycles. The summed E-state index contributed by atoms with van der Waals surface area (Å²) in [6.45, 7) is 12.3. The first-order chi connectivity index (χ1) is 16.1. The number of thiophene rings is 1. The second-order valence-electron chi connectivity index (χ2n) is 7.64. The van der Waals surface area contributed by atoms with Gasteiger partial charge in [0.15, 0.2) is 5.82 Å². The maximum atomic E-state index is 5.14. The number of ether oxygens (including phenoxy) is 1. The molecule has 0 spiro atoms. The number of aryl methyl sites for hydroxylation is 3. The van der Waals surface area contributed by atoms with Crippen LogP contribution >= 0.6 is 11.3 Å². The maximum Gasteiger partial charge on any atom is 0.162 e. The fraction of sp³-hybridized carbons (Fsp3) is 0.370. The molecular formula is C27H34N4OS. The van der Waals surface area contributed by atoms with Crippen LogP contribution in [0.3, 0.4) is 0 Å². The van der Waals surface area contributed by atoms with Crippen molar-refractivity contribution in [3.8, 4) is 17.1 Å². The number of pyridine rings is 1. The quantitative estimate of drug-likeness (QED) is 0.387. The predicted molar refractivity (Wildman–Crippen MR) is 139 cm³/mol. The van der Waals surface area contributed by atoms with E-state index in [1.807, 2.05) is 38.2 Å². The Morgan fingerprint density at radius 2 is 1.94 bits per heavy atom. The van der Waals surface area contributed by atoms with Gasteiger partial charge in [-0.25, -0.2) is 9.97 Å². The Morgan fingerprint density at radius 3 is 2.61 bits per heavy atom. The first-order valence-corrected chi connectivity index (χ1v) is 12.5. The van der Waals surface area contributed by atoms with Crippen molar-refractivity contribution in [2.45, 2.75) is 54.0 Å². The van der Waals surface area contributed by atoms with Crippen LogP contribution in [0.4, 0.5) is 0 Å². The molecule has 0 amide bonds. The number of methoxy groups -OCH3 is 1. The molecule has 0 atom stereocenters. The third kappa shape index (κ3) is 5.75. The van der Waals surface area contributed by atoms with Gasteiger partial charge >= 0.3 is 0 Å². The Bertz CT molecular complexity index is 1190. The molecular weight excluding hydrogens is 428 g/mol. The van der Waals surface area contributed by atoms with Crippen molar-refractivity contribution in [1.82, 2.24) is 20.3 Å². The Labute approximate surface area is 201 Å². The fourth-order valence-electron chi connectivity index (χ4n) is 3.89. The summed E-state index contributed by atoms with van der Waals surface area (Å²) in [5.41, 5.74) is 6.07. The van der Waals surface area contributed by atoms with Gasteiger partial charge in [0.25, 0.3) is 0 Å². The second-order valence-corrected chi connectivity index (χ2v) is 8.73. The summed E-state index contributed by atoms with van der Waals surface area (Å²) in [7, 11) is 1.70. The van der Waals surface area contributed by atoms with Crippen LogP contribution in [0.1, 0.15) is 48.0 Å². The zero-order valence-electron chi connectivity index (χ0n) is 20.5. The highest BCUT2D eigenvalue weighted by atomic mass is 32.1. The molecule has 1 aliphatic heterocycles. The Morgan fingerprint density at radius 1 is 1.12 bits per heavy atom. The zero-order chi connectivity index (χ0) is 23.8. The van der Waals surface area contributed by atoms with E-state index in [9.17, 15) is 0 Å². The molecule has 0 saturated heterocycles. The molecule has 0 saturated carbocycles. The highest BCUT2D eigenvalue weighted by Crippen LogP contribution is 2.34. The number of aromatic nitrogens is 3. The van der Waals surface area contributed by atoms with Crippen LogP contribution in [0, 0.1) is 13.8 Å². The van der Waals surface area contributed by atoms with Gasteiger partial charge in [-0.15, -0.1) is 11.3 Å². The Hall–Kier alpha value is -2.83. The molecule has 0 aliphatic carbocycles. The minimum atomic E-state index is 0.773. The summed E-state index contributed by atoms with van der Waals surface area (Å²) < 4.78 is 5.14. The van der Waals surface area contributed by atoms with Crippen molar-refractivity contribution in [3.05, 3.63) is 70.0 Å². The van der Waals surface area contributed by atoms with Gasteiger partial charge in [-0.2, -0.15) is 0 Å². The Balaban J connectivity index is 0.000000201. The van der Waals surface area contributed by atoms with Gasteiger partial charge < -0.3 is 10.1 Å². The van der Waals surface area contributed by atoms with Gasteiger partial charge in [-0.3, -0.25) is 4.98 Å². The van der Waals surface area contributed by atoms with E-state index >= 15 is 0 Å². The predicted octanol–water partition coefficient (Wildman–Crippen LogP) is 6.30. The average Bonchev–Trinajstić information content (AvgIpc) is 3.25. The molecule has 174 valence electrons. The largest absolute Gasteiger partial charge is 0.496 e. The highest BCUT2D eigenvalue weighted by Gasteiger charge is 2.19. The normalized spacial score (nSPS) is 12.2. The van der Waals surface area contributed by atoms with Crippen LogP contribution in [-0.2, 0) is 19.4 Å². The van der Waals surface area contributed by atoms with E-state index in [4.69, 9.17) is 9.72 Å². The van der Waals surface area contributed by atoms with Crippen LogP contribution < -0.4 is 10.1 Å². The average molecular weight is 463 g/mol. The van der Waals surface area contributed by atoms with Crippen LogP contribution in [0.15, 0.2) is 42.7 Å². The lowest BCUT2D eigenvalue weighted by atomic mass is 10.1. The van der Waals surface area contributed by atoms with E-state index < -0.39 is 0 Å². The minimum absolute atomic E-state index is 0.773. The summed E-state index contributed by atoms with van der Waals surface area (Å²) in [6.07, 6.45) is 5.75. The number of nitrogens with zero attached hydrogens (tertiary/aromatic N) is 3. The van der Waals surface area contributed by atoms with Crippen molar-refractivity contribution >= 4 is 21.6 Å². The molecule has 6 heteroatoms. The van der Waals surface area contributed by atoms with Gasteiger partial charge in [0.2, 0.25) is 0 Å². The van der Waals surface area contributed by atoms with Crippen LogP contribution in [0.2, 0.25) is 0 Å². The van der Waals surface area contributed by atoms with E-state index in [2.05, 4.69) is 48.2 Å². The number of hydrogen-bond donors (Lipinski definition) is 1. The topological polar surface area (TPSA) is 59.9 Å². The third-order valence-corrected chi connectivity index (χ3v) is 6.67. The molecule has 33 heavy (non-hydrogen) atoms. The standard InChI is InChI=1S/C15H14N4S.C10H14O.C2H6/c1-9-13-11-4-6-17-8-12(11)20-15(13)19-14(18-9)10-3-2-5-16-7-10;1-4-9-5-6-10(11-3)8(2)7-9;1-2/h2-3,5,7,17H,4,6,8H2,1H3;5-7H,4H2,1-3H3;1-2H3. The minimum Gasteiger partial charge on any atom is -0.496 e. The van der Waals surface area contributed by atoms with Crippen molar-refractivity contribution in [3.63, 3.8) is 0 Å². The lowest BCUT2D eigenvalue weighted by molar-refractivity contribution is 0.411. The van der Waals surface area contributed by atoms with Crippen molar-refractivity contribution in [1.29, 1.82) is 0 Å². The molecule has 1 aromatic carbocycles. The first kappa shape index (κ1) is 24.8. The number of rotatable bonds is 3. The second kappa shape index (κ2) is 11.9. The van der Waals surface area contributed by atoms with Gasteiger partial charge in [0.05, 0.1) is 12.8 Å². The molecule has 4 aromatic rings. The van der Waals surface area contributed by atoms with E-state index in [-0.39, 0.29) is 0 Å².